The molecule has 1 aromatic heterocycles. The summed E-state index contributed by atoms with van der Waals surface area (Å²) in [7, 11) is 0. The zero-order chi connectivity index (χ0) is 13.9. The van der Waals surface area contributed by atoms with E-state index in [2.05, 4.69) is 19.0 Å². The Morgan fingerprint density at radius 1 is 0.895 bits per heavy atom. The Morgan fingerprint density at radius 2 is 1.47 bits per heavy atom. The molecule has 0 saturated heterocycles. The smallest absolute Gasteiger partial charge is 0.170 e. The van der Waals surface area contributed by atoms with E-state index in [9.17, 15) is 0 Å². The van der Waals surface area contributed by atoms with Crippen molar-refractivity contribution in [2.45, 2.75) is 84.5 Å². The van der Waals surface area contributed by atoms with Gasteiger partial charge in [-0.25, -0.2) is 0 Å². The number of aromatic nitrogens is 1. The molecule has 1 rings (SSSR count). The summed E-state index contributed by atoms with van der Waals surface area (Å²) in [5.41, 5.74) is 6.87. The van der Waals surface area contributed by atoms with E-state index in [4.69, 9.17) is 10.3 Å². The first-order valence-electron chi connectivity index (χ1n) is 8.02. The SMILES string of the molecule is CCCCCCCCCCCc1onc(N)c1CC. The van der Waals surface area contributed by atoms with Crippen molar-refractivity contribution < 1.29 is 4.52 Å². The highest BCUT2D eigenvalue weighted by atomic mass is 16.5. The number of nitrogens with zero attached hydrogens (tertiary/aromatic N) is 1. The maximum absolute atomic E-state index is 5.76. The second kappa shape index (κ2) is 9.88. The van der Waals surface area contributed by atoms with Crippen LogP contribution in [-0.2, 0) is 12.8 Å². The van der Waals surface area contributed by atoms with Crippen LogP contribution in [0.15, 0.2) is 4.52 Å². The highest BCUT2D eigenvalue weighted by molar-refractivity contribution is 5.40. The van der Waals surface area contributed by atoms with Crippen LogP contribution in [0, 0.1) is 0 Å². The molecular weight excluding hydrogens is 236 g/mol. The molecule has 0 bridgehead atoms. The Hall–Kier alpha value is -0.990. The third-order valence-electron chi connectivity index (χ3n) is 3.76. The minimum absolute atomic E-state index is 0.577. The van der Waals surface area contributed by atoms with Gasteiger partial charge in [0.05, 0.1) is 0 Å². The lowest BCUT2D eigenvalue weighted by Crippen LogP contribution is -1.93. The fraction of sp³-hybridized carbons (Fsp3) is 0.812. The fourth-order valence-electron chi connectivity index (χ4n) is 2.53. The van der Waals surface area contributed by atoms with Crippen molar-refractivity contribution in [1.29, 1.82) is 0 Å². The third kappa shape index (κ3) is 6.13. The molecule has 0 radical (unpaired) electrons. The molecule has 1 aromatic rings. The van der Waals surface area contributed by atoms with Crippen molar-refractivity contribution in [1.82, 2.24) is 5.16 Å². The zero-order valence-corrected chi connectivity index (χ0v) is 12.7. The fourth-order valence-corrected chi connectivity index (χ4v) is 2.53. The number of hydrogen-bond donors (Lipinski definition) is 1. The van der Waals surface area contributed by atoms with Crippen LogP contribution in [0.3, 0.4) is 0 Å². The van der Waals surface area contributed by atoms with Crippen LogP contribution >= 0.6 is 0 Å². The van der Waals surface area contributed by atoms with Gasteiger partial charge in [0.25, 0.3) is 0 Å². The van der Waals surface area contributed by atoms with Gasteiger partial charge in [-0.15, -0.1) is 0 Å². The van der Waals surface area contributed by atoms with Gasteiger partial charge < -0.3 is 10.3 Å². The molecule has 2 N–H and O–H groups in total. The van der Waals surface area contributed by atoms with E-state index in [1.165, 1.54) is 57.8 Å². The monoisotopic (exact) mass is 266 g/mol. The summed E-state index contributed by atoms with van der Waals surface area (Å²) in [5, 5.41) is 3.85. The summed E-state index contributed by atoms with van der Waals surface area (Å²) in [6.45, 7) is 4.36. The van der Waals surface area contributed by atoms with E-state index in [1.807, 2.05) is 0 Å². The van der Waals surface area contributed by atoms with Crippen LogP contribution in [0.25, 0.3) is 0 Å². The van der Waals surface area contributed by atoms with Crippen LogP contribution in [-0.4, -0.2) is 5.16 Å². The molecule has 19 heavy (non-hydrogen) atoms. The predicted molar refractivity (Wildman–Crippen MR) is 81.2 cm³/mol. The molecule has 0 fully saturated rings. The van der Waals surface area contributed by atoms with Gasteiger partial charge in [0.2, 0.25) is 0 Å². The van der Waals surface area contributed by atoms with Crippen molar-refractivity contribution >= 4 is 5.82 Å². The van der Waals surface area contributed by atoms with Gasteiger partial charge in [-0.05, 0) is 12.8 Å². The Balaban J connectivity index is 2.01. The molecule has 0 unspecified atom stereocenters. The molecular formula is C16H30N2O. The number of hydrogen-bond acceptors (Lipinski definition) is 3. The first kappa shape index (κ1) is 16.1. The van der Waals surface area contributed by atoms with Gasteiger partial charge in [-0.3, -0.25) is 0 Å². The molecule has 3 nitrogen and oxygen atoms in total. The quantitative estimate of drug-likeness (QED) is 0.580. The lowest BCUT2D eigenvalue weighted by Gasteiger charge is -2.02. The Labute approximate surface area is 117 Å². The first-order valence-corrected chi connectivity index (χ1v) is 8.02. The summed E-state index contributed by atoms with van der Waals surface area (Å²) in [4.78, 5) is 0. The standard InChI is InChI=1S/C16H30N2O/c1-3-5-6-7-8-9-10-11-12-13-15-14(4-2)16(17)18-19-15/h3-13H2,1-2H3,(H2,17,18). The van der Waals surface area contributed by atoms with Gasteiger partial charge >= 0.3 is 0 Å². The molecule has 0 aliphatic carbocycles. The van der Waals surface area contributed by atoms with Crippen molar-refractivity contribution in [3.8, 4) is 0 Å². The van der Waals surface area contributed by atoms with Crippen LogP contribution in [0.4, 0.5) is 5.82 Å². The van der Waals surface area contributed by atoms with Gasteiger partial charge in [0.15, 0.2) is 5.82 Å². The van der Waals surface area contributed by atoms with Gasteiger partial charge in [0, 0.05) is 12.0 Å². The number of nitrogens with two attached hydrogens (primary N) is 1. The van der Waals surface area contributed by atoms with Crippen LogP contribution < -0.4 is 5.73 Å². The molecule has 1 heterocycles. The Morgan fingerprint density at radius 3 is 2.05 bits per heavy atom. The van der Waals surface area contributed by atoms with Gasteiger partial charge in [0.1, 0.15) is 5.76 Å². The minimum atomic E-state index is 0.577. The number of anilines is 1. The molecule has 0 aliphatic rings. The molecule has 0 aliphatic heterocycles. The Bertz CT molecular complexity index is 333. The first-order chi connectivity index (χ1) is 9.29. The maximum Gasteiger partial charge on any atom is 0.170 e. The molecule has 3 heteroatoms. The molecule has 0 amide bonds. The average Bonchev–Trinajstić information content (AvgIpc) is 2.77. The van der Waals surface area contributed by atoms with Crippen molar-refractivity contribution in [3.05, 3.63) is 11.3 Å². The van der Waals surface area contributed by atoms with E-state index in [0.29, 0.717) is 5.82 Å². The summed E-state index contributed by atoms with van der Waals surface area (Å²) < 4.78 is 5.28. The highest BCUT2D eigenvalue weighted by Crippen LogP contribution is 2.19. The van der Waals surface area contributed by atoms with E-state index < -0.39 is 0 Å². The minimum Gasteiger partial charge on any atom is -0.381 e. The number of unbranched alkanes of at least 4 members (excludes halogenated alkanes) is 8. The number of aryl methyl sites for hydroxylation is 1. The summed E-state index contributed by atoms with van der Waals surface area (Å²) >= 11 is 0. The predicted octanol–water partition coefficient (Wildman–Crippen LogP) is 4.89. The third-order valence-corrected chi connectivity index (χ3v) is 3.76. The summed E-state index contributed by atoms with van der Waals surface area (Å²) in [6, 6.07) is 0. The topological polar surface area (TPSA) is 52.0 Å². The van der Waals surface area contributed by atoms with E-state index in [1.54, 1.807) is 0 Å². The molecule has 110 valence electrons. The average molecular weight is 266 g/mol. The molecule has 0 saturated carbocycles. The molecule has 0 atom stereocenters. The highest BCUT2D eigenvalue weighted by Gasteiger charge is 2.10. The molecule has 0 spiro atoms. The van der Waals surface area contributed by atoms with Crippen molar-refractivity contribution in [3.63, 3.8) is 0 Å². The van der Waals surface area contributed by atoms with E-state index >= 15 is 0 Å². The van der Waals surface area contributed by atoms with E-state index in [0.717, 1.165) is 24.2 Å². The Kier molecular flexibility index (Phi) is 8.35. The second-order valence-electron chi connectivity index (χ2n) is 5.40. The lowest BCUT2D eigenvalue weighted by molar-refractivity contribution is 0.379. The van der Waals surface area contributed by atoms with Gasteiger partial charge in [-0.1, -0.05) is 70.4 Å². The van der Waals surface area contributed by atoms with E-state index in [-0.39, 0.29) is 0 Å². The van der Waals surface area contributed by atoms with Gasteiger partial charge in [-0.2, -0.15) is 0 Å². The van der Waals surface area contributed by atoms with Crippen LogP contribution in [0.5, 0.6) is 0 Å². The van der Waals surface area contributed by atoms with Crippen LogP contribution in [0.1, 0.15) is 83.0 Å². The maximum atomic E-state index is 5.76. The number of nitrogen functional groups attached to an aromatic ring is 1. The largest absolute Gasteiger partial charge is 0.381 e. The normalized spacial score (nSPS) is 11.1. The zero-order valence-electron chi connectivity index (χ0n) is 12.7. The van der Waals surface area contributed by atoms with Crippen molar-refractivity contribution in [2.75, 3.05) is 5.73 Å². The molecule has 0 aromatic carbocycles. The second-order valence-corrected chi connectivity index (χ2v) is 5.40. The summed E-state index contributed by atoms with van der Waals surface area (Å²) in [5.74, 6) is 1.58. The lowest BCUT2D eigenvalue weighted by atomic mass is 10.0. The number of rotatable bonds is 11. The summed E-state index contributed by atoms with van der Waals surface area (Å²) in [6.07, 6.45) is 14.1. The van der Waals surface area contributed by atoms with Crippen LogP contribution in [0.2, 0.25) is 0 Å². The van der Waals surface area contributed by atoms with Crippen molar-refractivity contribution in [2.24, 2.45) is 0 Å².